The van der Waals surface area contributed by atoms with Crippen LogP contribution in [0.5, 0.6) is 0 Å². The highest BCUT2D eigenvalue weighted by atomic mass is 16.5. The standard InChI is InChI=1S/C29H38O5/c1-15(30)34-17-8-10-28(2)16(12-17)4-5-18-21(28)9-11-29(3)22(18)13-20-26-19(14-25(33)27(20)29)23(31)6-7-24(26)32/h4,6-7,17-23,26-27,31H,5,8-14H2,1-3H3/t17-,18?,19+,20-,21?,22?,23+,26-,27+,28?,29?/m0/s1. The van der Waals surface area contributed by atoms with Crippen molar-refractivity contribution in [3.8, 4) is 0 Å². The van der Waals surface area contributed by atoms with Crippen molar-refractivity contribution in [3.05, 3.63) is 23.8 Å². The number of carbonyl (C=O) groups is 3. The van der Waals surface area contributed by atoms with E-state index in [2.05, 4.69) is 19.9 Å². The van der Waals surface area contributed by atoms with Gasteiger partial charge >= 0.3 is 5.97 Å². The summed E-state index contributed by atoms with van der Waals surface area (Å²) in [6.45, 7) is 6.27. The zero-order chi connectivity index (χ0) is 24.0. The van der Waals surface area contributed by atoms with Crippen molar-refractivity contribution in [3.63, 3.8) is 0 Å². The molecule has 34 heavy (non-hydrogen) atoms. The maximum atomic E-state index is 13.5. The fraction of sp³-hybridized carbons (Fsp3) is 0.759. The zero-order valence-corrected chi connectivity index (χ0v) is 20.7. The maximum Gasteiger partial charge on any atom is 0.302 e. The lowest BCUT2D eigenvalue weighted by molar-refractivity contribution is -0.150. The van der Waals surface area contributed by atoms with Crippen LogP contribution in [0.3, 0.4) is 0 Å². The van der Waals surface area contributed by atoms with E-state index < -0.39 is 6.10 Å². The van der Waals surface area contributed by atoms with E-state index in [4.69, 9.17) is 4.74 Å². The molecule has 6 aliphatic rings. The predicted octanol–water partition coefficient (Wildman–Crippen LogP) is 4.43. The molecular formula is C29H38O5. The van der Waals surface area contributed by atoms with Gasteiger partial charge in [-0.15, -0.1) is 0 Å². The van der Waals surface area contributed by atoms with Gasteiger partial charge in [-0.3, -0.25) is 14.4 Å². The molecule has 4 fully saturated rings. The first-order valence-electron chi connectivity index (χ1n) is 13.4. The van der Waals surface area contributed by atoms with Gasteiger partial charge in [0.2, 0.25) is 0 Å². The predicted molar refractivity (Wildman–Crippen MR) is 126 cm³/mol. The number of hydrogen-bond acceptors (Lipinski definition) is 5. The van der Waals surface area contributed by atoms with Crippen molar-refractivity contribution in [2.75, 3.05) is 0 Å². The van der Waals surface area contributed by atoms with Crippen molar-refractivity contribution in [2.24, 2.45) is 52.3 Å². The van der Waals surface area contributed by atoms with Crippen LogP contribution < -0.4 is 0 Å². The van der Waals surface area contributed by atoms with Crippen LogP contribution >= 0.6 is 0 Å². The van der Waals surface area contributed by atoms with Gasteiger partial charge in [0.15, 0.2) is 5.78 Å². The summed E-state index contributed by atoms with van der Waals surface area (Å²) in [4.78, 5) is 38.0. The number of ketones is 2. The Morgan fingerprint density at radius 3 is 2.62 bits per heavy atom. The highest BCUT2D eigenvalue weighted by Gasteiger charge is 2.66. The number of hydrogen-bond donors (Lipinski definition) is 1. The van der Waals surface area contributed by atoms with Crippen LogP contribution in [-0.4, -0.2) is 34.9 Å². The first kappa shape index (κ1) is 22.7. The Kier molecular flexibility index (Phi) is 5.09. The van der Waals surface area contributed by atoms with E-state index in [9.17, 15) is 19.5 Å². The number of ether oxygens (including phenoxy) is 1. The second kappa shape index (κ2) is 7.62. The van der Waals surface area contributed by atoms with Crippen LogP contribution in [0.4, 0.5) is 0 Å². The molecule has 5 heteroatoms. The molecular weight excluding hydrogens is 428 g/mol. The molecule has 11 atom stereocenters. The minimum absolute atomic E-state index is 0.00272. The second-order valence-electron chi connectivity index (χ2n) is 12.8. The fourth-order valence-corrected chi connectivity index (χ4v) is 10.0. The lowest BCUT2D eigenvalue weighted by Crippen LogP contribution is -2.53. The van der Waals surface area contributed by atoms with Crippen LogP contribution in [0.25, 0.3) is 0 Å². The Bertz CT molecular complexity index is 994. The minimum atomic E-state index is -0.678. The van der Waals surface area contributed by atoms with Crippen LogP contribution in [0.2, 0.25) is 0 Å². The van der Waals surface area contributed by atoms with E-state index >= 15 is 0 Å². The van der Waals surface area contributed by atoms with E-state index in [0.29, 0.717) is 24.2 Å². The lowest BCUT2D eigenvalue weighted by atomic mass is 9.47. The largest absolute Gasteiger partial charge is 0.462 e. The Labute approximate surface area is 202 Å². The molecule has 0 spiro atoms. The second-order valence-corrected chi connectivity index (χ2v) is 12.8. The number of rotatable bonds is 1. The Balaban J connectivity index is 1.31. The van der Waals surface area contributed by atoms with Crippen molar-refractivity contribution in [1.82, 2.24) is 0 Å². The number of aliphatic hydroxyl groups is 1. The summed E-state index contributed by atoms with van der Waals surface area (Å²) in [5.41, 5.74) is 1.56. The quantitative estimate of drug-likeness (QED) is 0.457. The third-order valence-electron chi connectivity index (χ3n) is 11.4. The molecule has 6 rings (SSSR count). The fourth-order valence-electron chi connectivity index (χ4n) is 10.0. The van der Waals surface area contributed by atoms with Gasteiger partial charge < -0.3 is 9.84 Å². The number of esters is 1. The molecule has 0 radical (unpaired) electrons. The molecule has 0 heterocycles. The Morgan fingerprint density at radius 1 is 1.06 bits per heavy atom. The number of allylic oxidation sites excluding steroid dienone is 2. The van der Waals surface area contributed by atoms with Crippen molar-refractivity contribution in [1.29, 1.82) is 0 Å². The molecule has 6 aliphatic carbocycles. The lowest BCUT2D eigenvalue weighted by Gasteiger charge is -2.58. The van der Waals surface area contributed by atoms with Crippen LogP contribution in [0.1, 0.15) is 72.1 Å². The first-order valence-corrected chi connectivity index (χ1v) is 13.4. The normalized spacial score (nSPS) is 51.4. The van der Waals surface area contributed by atoms with Crippen LogP contribution in [0, 0.1) is 52.3 Å². The molecule has 0 amide bonds. The molecule has 184 valence electrons. The molecule has 0 aliphatic heterocycles. The van der Waals surface area contributed by atoms with Gasteiger partial charge in [-0.05, 0) is 79.1 Å². The van der Waals surface area contributed by atoms with E-state index in [1.807, 2.05) is 0 Å². The van der Waals surface area contributed by atoms with Gasteiger partial charge in [-0.2, -0.15) is 0 Å². The van der Waals surface area contributed by atoms with Crippen molar-refractivity contribution >= 4 is 17.5 Å². The summed E-state index contributed by atoms with van der Waals surface area (Å²) in [6, 6.07) is 0. The topological polar surface area (TPSA) is 80.7 Å². The molecule has 5 unspecified atom stereocenters. The SMILES string of the molecule is CC(=O)O[C@H]1CCC2(C)C(=CCC3C2CCC2(C)C3C[C@H]3[C@H]4C(=O)C=C[C@@H](O)[C@H]4CC(=O)[C@@H]32)C1. The Hall–Kier alpha value is -1.75. The third-order valence-corrected chi connectivity index (χ3v) is 11.4. The average Bonchev–Trinajstić information content (AvgIpc) is 3.10. The zero-order valence-electron chi connectivity index (χ0n) is 20.7. The molecule has 5 nitrogen and oxygen atoms in total. The number of Topliss-reactive ketones (excluding diaryl/α,β-unsaturated/α-hetero) is 1. The highest BCUT2D eigenvalue weighted by molar-refractivity contribution is 5.96. The molecule has 0 saturated heterocycles. The Morgan fingerprint density at radius 2 is 1.85 bits per heavy atom. The van der Waals surface area contributed by atoms with E-state index in [0.717, 1.165) is 44.9 Å². The summed E-state index contributed by atoms with van der Waals surface area (Å²) in [7, 11) is 0. The molecule has 1 N–H and O–H groups in total. The third kappa shape index (κ3) is 3.04. The van der Waals surface area contributed by atoms with Gasteiger partial charge in [0.25, 0.3) is 0 Å². The molecule has 0 aromatic heterocycles. The molecule has 0 aromatic rings. The average molecular weight is 467 g/mol. The van der Waals surface area contributed by atoms with E-state index in [1.165, 1.54) is 12.5 Å². The van der Waals surface area contributed by atoms with Gasteiger partial charge in [0, 0.05) is 37.5 Å². The first-order chi connectivity index (χ1) is 16.1. The van der Waals surface area contributed by atoms with Crippen LogP contribution in [-0.2, 0) is 19.1 Å². The number of aliphatic hydroxyl groups excluding tert-OH is 1. The van der Waals surface area contributed by atoms with Gasteiger partial charge in [-0.25, -0.2) is 0 Å². The van der Waals surface area contributed by atoms with Gasteiger partial charge in [0.1, 0.15) is 11.9 Å². The summed E-state index contributed by atoms with van der Waals surface area (Å²) >= 11 is 0. The van der Waals surface area contributed by atoms with Crippen LogP contribution in [0.15, 0.2) is 23.8 Å². The van der Waals surface area contributed by atoms with Crippen molar-refractivity contribution in [2.45, 2.75) is 84.3 Å². The van der Waals surface area contributed by atoms with E-state index in [-0.39, 0.29) is 58.1 Å². The monoisotopic (exact) mass is 466 g/mol. The number of fused-ring (bicyclic) bond motifs is 9. The molecule has 0 aromatic carbocycles. The summed E-state index contributed by atoms with van der Waals surface area (Å²) in [5, 5.41) is 10.6. The van der Waals surface area contributed by atoms with Gasteiger partial charge in [-0.1, -0.05) is 31.6 Å². The highest BCUT2D eigenvalue weighted by Crippen LogP contribution is 2.69. The maximum absolute atomic E-state index is 13.5. The minimum Gasteiger partial charge on any atom is -0.462 e. The summed E-state index contributed by atoms with van der Waals surface area (Å²) in [6.07, 6.45) is 12.2. The van der Waals surface area contributed by atoms with Crippen molar-refractivity contribution < 1.29 is 24.2 Å². The van der Waals surface area contributed by atoms with Gasteiger partial charge in [0.05, 0.1) is 6.10 Å². The number of carbonyl (C=O) groups excluding carboxylic acids is 3. The summed E-state index contributed by atoms with van der Waals surface area (Å²) < 4.78 is 5.58. The summed E-state index contributed by atoms with van der Waals surface area (Å²) in [5.74, 6) is 1.38. The smallest absolute Gasteiger partial charge is 0.302 e. The van der Waals surface area contributed by atoms with E-state index in [1.54, 1.807) is 12.2 Å². The molecule has 4 saturated carbocycles. The molecule has 0 bridgehead atoms.